The van der Waals surface area contributed by atoms with Crippen LogP contribution in [0.5, 0.6) is 0 Å². The molecule has 3 N–H and O–H groups in total. The summed E-state index contributed by atoms with van der Waals surface area (Å²) in [5, 5.41) is 28.3. The first-order valence-corrected chi connectivity index (χ1v) is 6.92. The third-order valence-corrected chi connectivity index (χ3v) is 2.90. The van der Waals surface area contributed by atoms with Crippen molar-refractivity contribution in [1.29, 1.82) is 0 Å². The number of carbonyl (C=O) groups excluding carboxylic acids is 3. The topological polar surface area (TPSA) is 130 Å². The summed E-state index contributed by atoms with van der Waals surface area (Å²) in [5.74, 6) is -4.32. The summed E-state index contributed by atoms with van der Waals surface area (Å²) in [6.07, 6.45) is -1.90. The number of Topliss-reactive ketones (excluding diaryl/α,β-unsaturated/α-hetero) is 1. The summed E-state index contributed by atoms with van der Waals surface area (Å²) < 4.78 is 9.05. The molecule has 0 bridgehead atoms. The number of ketones is 1. The molecule has 0 aromatic carbocycles. The molecule has 0 saturated heterocycles. The van der Waals surface area contributed by atoms with E-state index in [2.05, 4.69) is 4.74 Å². The second-order valence-electron chi connectivity index (χ2n) is 4.29. The maximum absolute atomic E-state index is 11.3. The van der Waals surface area contributed by atoms with Gasteiger partial charge in [-0.2, -0.15) is 0 Å². The third kappa shape index (κ3) is 5.72. The van der Waals surface area contributed by atoms with Crippen LogP contribution in [0.15, 0.2) is 11.5 Å². The number of rotatable bonds is 6. The summed E-state index contributed by atoms with van der Waals surface area (Å²) in [6.45, 7) is 3.55. The highest BCUT2D eigenvalue weighted by atomic mass is 16.5. The number of aliphatic hydroxyl groups is 3. The van der Waals surface area contributed by atoms with Crippen LogP contribution in [0.4, 0.5) is 0 Å². The van der Waals surface area contributed by atoms with Crippen molar-refractivity contribution in [2.75, 3.05) is 13.7 Å². The zero-order chi connectivity index (χ0) is 17.3. The molecular weight excluding hydrogens is 296 g/mol. The van der Waals surface area contributed by atoms with E-state index in [1.165, 1.54) is 7.11 Å². The van der Waals surface area contributed by atoms with Crippen LogP contribution < -0.4 is 0 Å². The van der Waals surface area contributed by atoms with Crippen molar-refractivity contribution < 1.29 is 39.2 Å². The molecule has 126 valence electrons. The lowest BCUT2D eigenvalue weighted by Gasteiger charge is -2.17. The van der Waals surface area contributed by atoms with Crippen molar-refractivity contribution in [3.63, 3.8) is 0 Å². The first-order chi connectivity index (χ1) is 10.4. The lowest BCUT2D eigenvalue weighted by molar-refractivity contribution is -0.151. The van der Waals surface area contributed by atoms with Crippen molar-refractivity contribution in [2.45, 2.75) is 39.2 Å². The number of methoxy groups -OCH3 is 1. The quantitative estimate of drug-likeness (QED) is 0.613. The van der Waals surface area contributed by atoms with Crippen LogP contribution in [0.3, 0.4) is 0 Å². The average Bonchev–Trinajstić information content (AvgIpc) is 2.79. The molecule has 0 saturated carbocycles. The van der Waals surface area contributed by atoms with E-state index in [0.717, 1.165) is 0 Å². The summed E-state index contributed by atoms with van der Waals surface area (Å²) in [6, 6.07) is 0. The number of esters is 2. The fourth-order valence-corrected chi connectivity index (χ4v) is 1.70. The van der Waals surface area contributed by atoms with E-state index in [1.54, 1.807) is 0 Å². The van der Waals surface area contributed by atoms with Crippen molar-refractivity contribution in [3.8, 4) is 0 Å². The Hall–Kier alpha value is -2.09. The molecule has 1 aliphatic carbocycles. The van der Waals surface area contributed by atoms with Gasteiger partial charge in [0.1, 0.15) is 12.4 Å². The Labute approximate surface area is 128 Å². The first-order valence-electron chi connectivity index (χ1n) is 6.92. The molecule has 0 heterocycles. The Balaban J connectivity index is 0.00000211. The monoisotopic (exact) mass is 318 g/mol. The molecule has 0 radical (unpaired) electrons. The molecular formula is C14H22O8. The van der Waals surface area contributed by atoms with Gasteiger partial charge in [-0.3, -0.25) is 14.4 Å². The van der Waals surface area contributed by atoms with Gasteiger partial charge < -0.3 is 24.8 Å². The van der Waals surface area contributed by atoms with E-state index in [1.807, 2.05) is 13.8 Å². The van der Waals surface area contributed by atoms with E-state index in [9.17, 15) is 24.6 Å². The number of aliphatic hydroxyl groups excluding tert-OH is 3. The fourth-order valence-electron chi connectivity index (χ4n) is 1.70. The lowest BCUT2D eigenvalue weighted by Crippen LogP contribution is -2.27. The van der Waals surface area contributed by atoms with Crippen molar-refractivity contribution in [2.24, 2.45) is 5.92 Å². The Bertz CT molecular complexity index is 440. The van der Waals surface area contributed by atoms with Crippen LogP contribution in [-0.4, -0.2) is 52.9 Å². The normalized spacial score (nSPS) is 18.4. The van der Waals surface area contributed by atoms with Crippen LogP contribution >= 0.6 is 0 Å². The largest absolute Gasteiger partial charge is 0.508 e. The highest BCUT2D eigenvalue weighted by molar-refractivity contribution is 5.96. The Kier molecular flexibility index (Phi) is 8.85. The summed E-state index contributed by atoms with van der Waals surface area (Å²) >= 11 is 0. The minimum atomic E-state index is -1.31. The van der Waals surface area contributed by atoms with E-state index in [-0.39, 0.29) is 19.3 Å². The summed E-state index contributed by atoms with van der Waals surface area (Å²) in [5.41, 5.74) is 0. The van der Waals surface area contributed by atoms with E-state index < -0.39 is 47.9 Å². The second-order valence-corrected chi connectivity index (χ2v) is 4.29. The van der Waals surface area contributed by atoms with Crippen LogP contribution in [0, 0.1) is 5.92 Å². The Morgan fingerprint density at radius 3 is 2.23 bits per heavy atom. The standard InChI is InChI=1S/C12H16O8.C2H6/c1-19-9(15)2-3-10(16)20-5-8(14)6-4-7(13)12(18)11(6)17;1-2/h6,8,14,17-18H,2-5H2,1H3;1-2H3. The van der Waals surface area contributed by atoms with E-state index >= 15 is 0 Å². The average molecular weight is 318 g/mol. The molecule has 0 aromatic rings. The molecule has 0 amide bonds. The van der Waals surface area contributed by atoms with Gasteiger partial charge in [0.15, 0.2) is 5.76 Å². The van der Waals surface area contributed by atoms with E-state index in [0.29, 0.717) is 0 Å². The number of allylic oxidation sites excluding steroid dienone is 1. The number of hydrogen-bond donors (Lipinski definition) is 3. The lowest BCUT2D eigenvalue weighted by atomic mass is 10.0. The van der Waals surface area contributed by atoms with Crippen molar-refractivity contribution in [3.05, 3.63) is 11.5 Å². The molecule has 1 rings (SSSR count). The van der Waals surface area contributed by atoms with Gasteiger partial charge in [-0.1, -0.05) is 13.8 Å². The number of hydrogen-bond acceptors (Lipinski definition) is 8. The van der Waals surface area contributed by atoms with Gasteiger partial charge in [0.2, 0.25) is 5.78 Å². The molecule has 0 fully saturated rings. The summed E-state index contributed by atoms with van der Waals surface area (Å²) in [4.78, 5) is 33.2. The van der Waals surface area contributed by atoms with Crippen LogP contribution in [-0.2, 0) is 23.9 Å². The molecule has 8 nitrogen and oxygen atoms in total. The molecule has 8 heteroatoms. The smallest absolute Gasteiger partial charge is 0.306 e. The first kappa shape index (κ1) is 19.9. The van der Waals surface area contributed by atoms with Gasteiger partial charge >= 0.3 is 11.9 Å². The van der Waals surface area contributed by atoms with Crippen LogP contribution in [0.2, 0.25) is 0 Å². The minimum Gasteiger partial charge on any atom is -0.508 e. The molecule has 2 atom stereocenters. The van der Waals surface area contributed by atoms with Crippen molar-refractivity contribution >= 4 is 17.7 Å². The minimum absolute atomic E-state index is 0.140. The van der Waals surface area contributed by atoms with Gasteiger partial charge in [-0.25, -0.2) is 0 Å². The van der Waals surface area contributed by atoms with Crippen LogP contribution in [0.25, 0.3) is 0 Å². The highest BCUT2D eigenvalue weighted by Gasteiger charge is 2.37. The molecule has 0 aromatic heterocycles. The van der Waals surface area contributed by atoms with Gasteiger partial charge in [-0.05, 0) is 0 Å². The van der Waals surface area contributed by atoms with Gasteiger partial charge in [-0.15, -0.1) is 0 Å². The van der Waals surface area contributed by atoms with E-state index in [4.69, 9.17) is 9.84 Å². The Morgan fingerprint density at radius 2 is 1.77 bits per heavy atom. The van der Waals surface area contributed by atoms with Crippen LogP contribution in [0.1, 0.15) is 33.1 Å². The highest BCUT2D eigenvalue weighted by Crippen LogP contribution is 2.28. The number of ether oxygens (including phenoxy) is 2. The third-order valence-electron chi connectivity index (χ3n) is 2.90. The number of carbonyl (C=O) groups is 3. The summed E-state index contributed by atoms with van der Waals surface area (Å²) in [7, 11) is 1.19. The zero-order valence-electron chi connectivity index (χ0n) is 12.9. The SMILES string of the molecule is CC.COC(=O)CCC(=O)OCC(O)C1CC(=O)C(O)=C1O. The Morgan fingerprint density at radius 1 is 1.23 bits per heavy atom. The molecule has 0 aliphatic heterocycles. The molecule has 2 unspecified atom stereocenters. The molecule has 0 spiro atoms. The van der Waals surface area contributed by atoms with Gasteiger partial charge in [0, 0.05) is 6.42 Å². The van der Waals surface area contributed by atoms with Gasteiger partial charge in [0.05, 0.1) is 32.0 Å². The maximum atomic E-state index is 11.3. The maximum Gasteiger partial charge on any atom is 0.306 e. The van der Waals surface area contributed by atoms with Crippen molar-refractivity contribution in [1.82, 2.24) is 0 Å². The molecule has 1 aliphatic rings. The molecule has 22 heavy (non-hydrogen) atoms. The predicted octanol–water partition coefficient (Wildman–Crippen LogP) is 0.786. The fraction of sp³-hybridized carbons (Fsp3) is 0.643. The van der Waals surface area contributed by atoms with Gasteiger partial charge in [0.25, 0.3) is 0 Å². The second kappa shape index (κ2) is 9.78. The zero-order valence-corrected chi connectivity index (χ0v) is 12.9. The predicted molar refractivity (Wildman–Crippen MR) is 75.0 cm³/mol.